The van der Waals surface area contributed by atoms with Gasteiger partial charge in [-0.1, -0.05) is 24.3 Å². The smallest absolute Gasteiger partial charge is 0.350 e. The fraction of sp³-hybridized carbons (Fsp3) is 0.190. The molecule has 0 atom stereocenters. The second-order valence-electron chi connectivity index (χ2n) is 6.44. The Morgan fingerprint density at radius 1 is 0.690 bits per heavy atom. The molecule has 0 unspecified atom stereocenters. The van der Waals surface area contributed by atoms with E-state index in [-0.39, 0.29) is 13.1 Å². The quantitative estimate of drug-likeness (QED) is 0.493. The van der Waals surface area contributed by atoms with E-state index in [1.165, 1.54) is 12.1 Å². The second kappa shape index (κ2) is 8.14. The third-order valence-corrected chi connectivity index (χ3v) is 4.19. The molecule has 1 aromatic heterocycles. The highest BCUT2D eigenvalue weighted by molar-refractivity contribution is 5.26. The average Bonchev–Trinajstić information content (AvgIpc) is 2.67. The first-order valence-electron chi connectivity index (χ1n) is 8.60. The molecule has 0 amide bonds. The van der Waals surface area contributed by atoms with Crippen molar-refractivity contribution in [2.45, 2.75) is 25.4 Å². The number of pyridine rings is 1. The van der Waals surface area contributed by atoms with Crippen LogP contribution in [0.4, 0.5) is 26.3 Å². The van der Waals surface area contributed by atoms with Crippen LogP contribution in [0.1, 0.15) is 22.3 Å². The Hall–Kier alpha value is -3.03. The first-order valence-corrected chi connectivity index (χ1v) is 8.60. The zero-order valence-corrected chi connectivity index (χ0v) is 15.0. The van der Waals surface area contributed by atoms with Crippen LogP contribution >= 0.6 is 0 Å². The van der Waals surface area contributed by atoms with Crippen LogP contribution in [0.2, 0.25) is 0 Å². The van der Waals surface area contributed by atoms with Gasteiger partial charge in [-0.25, -0.2) is 0 Å². The van der Waals surface area contributed by atoms with Gasteiger partial charge in [0.2, 0.25) is 0 Å². The average molecular weight is 410 g/mol. The molecule has 2 aromatic carbocycles. The molecule has 0 aliphatic carbocycles. The van der Waals surface area contributed by atoms with Crippen LogP contribution in [0.3, 0.4) is 0 Å². The predicted octanol–water partition coefficient (Wildman–Crippen LogP) is 5.67. The molecule has 8 heteroatoms. The Morgan fingerprint density at radius 3 is 1.76 bits per heavy atom. The maximum atomic E-state index is 12.8. The molecular weight excluding hydrogens is 394 g/mol. The third kappa shape index (κ3) is 5.73. The third-order valence-electron chi connectivity index (χ3n) is 4.19. The van der Waals surface area contributed by atoms with Crippen molar-refractivity contribution >= 4 is 0 Å². The summed E-state index contributed by atoms with van der Waals surface area (Å²) in [6, 6.07) is 13.3. The summed E-state index contributed by atoms with van der Waals surface area (Å²) in [5, 5.41) is 0.558. The van der Waals surface area contributed by atoms with Crippen LogP contribution in [0.25, 0.3) is 0 Å². The minimum absolute atomic E-state index is 0.0849. The lowest BCUT2D eigenvalue weighted by atomic mass is 10.1. The molecule has 3 rings (SSSR count). The van der Waals surface area contributed by atoms with Crippen molar-refractivity contribution in [3.05, 3.63) is 101 Å². The zero-order chi connectivity index (χ0) is 21.1. The summed E-state index contributed by atoms with van der Waals surface area (Å²) in [6.07, 6.45) is -5.49. The van der Waals surface area contributed by atoms with Crippen LogP contribution in [0.15, 0.2) is 78.0 Å². The highest BCUT2D eigenvalue weighted by Crippen LogP contribution is 2.30. The summed E-state index contributed by atoms with van der Waals surface area (Å²) >= 11 is 0. The van der Waals surface area contributed by atoms with Crippen LogP contribution in [-0.2, 0) is 25.4 Å². The summed E-state index contributed by atoms with van der Waals surface area (Å²) in [6.45, 7) is 0.333. The predicted molar refractivity (Wildman–Crippen MR) is 95.7 cm³/mol. The molecule has 0 saturated carbocycles. The largest absolute Gasteiger partial charge is 0.416 e. The Morgan fingerprint density at radius 2 is 1.21 bits per heavy atom. The molecule has 1 heterocycles. The number of alkyl halides is 6. The Kier molecular flexibility index (Phi) is 5.81. The van der Waals surface area contributed by atoms with Gasteiger partial charge in [-0.05, 0) is 47.5 Å². The molecule has 0 aliphatic rings. The summed E-state index contributed by atoms with van der Waals surface area (Å²) in [4.78, 5) is 4.26. The van der Waals surface area contributed by atoms with Gasteiger partial charge >= 0.3 is 12.4 Å². The van der Waals surface area contributed by atoms with Crippen molar-refractivity contribution < 1.29 is 26.3 Å². The van der Waals surface area contributed by atoms with E-state index in [1.54, 1.807) is 41.2 Å². The molecule has 0 N–H and O–H groups in total. The molecule has 0 bridgehead atoms. The maximum Gasteiger partial charge on any atom is 0.416 e. The molecule has 0 radical (unpaired) electrons. The number of hydrogen-bond acceptors (Lipinski definition) is 1. The maximum absolute atomic E-state index is 12.8. The van der Waals surface area contributed by atoms with Gasteiger partial charge in [0, 0.05) is 18.9 Å². The molecule has 3 aromatic rings. The Labute approximate surface area is 162 Å². The molecule has 0 saturated heterocycles. The van der Waals surface area contributed by atoms with Crippen LogP contribution in [0, 0.1) is 0 Å². The zero-order valence-electron chi connectivity index (χ0n) is 15.0. The van der Waals surface area contributed by atoms with Crippen molar-refractivity contribution in [1.29, 1.82) is 0 Å². The summed E-state index contributed by atoms with van der Waals surface area (Å²) in [7, 11) is 0. The fourth-order valence-electron chi connectivity index (χ4n) is 2.75. The number of aromatic nitrogens is 1. The summed E-state index contributed by atoms with van der Waals surface area (Å²) in [5.41, 5.74) is -0.500. The van der Waals surface area contributed by atoms with E-state index in [0.29, 0.717) is 16.5 Å². The van der Waals surface area contributed by atoms with Crippen molar-refractivity contribution in [2.24, 2.45) is 4.99 Å². The van der Waals surface area contributed by atoms with Gasteiger partial charge in [-0.2, -0.15) is 26.3 Å². The van der Waals surface area contributed by atoms with Gasteiger partial charge in [-0.15, -0.1) is 0 Å². The van der Waals surface area contributed by atoms with Crippen LogP contribution in [-0.4, -0.2) is 4.57 Å². The number of nitrogens with zero attached hydrogens (tertiary/aromatic N) is 2. The lowest BCUT2D eigenvalue weighted by Crippen LogP contribution is -2.09. The van der Waals surface area contributed by atoms with Gasteiger partial charge in [0.05, 0.1) is 23.0 Å². The lowest BCUT2D eigenvalue weighted by Gasteiger charge is -2.10. The minimum atomic E-state index is -4.41. The number of halogens is 6. The Balaban J connectivity index is 1.71. The standard InChI is InChI=1S/C21H16F6N2/c22-20(23,24)17-5-1-3-15(11-17)13-28-19-7-9-29(10-8-19)14-16-4-2-6-18(12-16)21(25,26)27/h1-12H,13-14H2. The molecule has 0 fully saturated rings. The number of hydrogen-bond donors (Lipinski definition) is 0. The molecule has 2 nitrogen and oxygen atoms in total. The first kappa shape index (κ1) is 20.7. The minimum Gasteiger partial charge on any atom is -0.350 e. The molecule has 152 valence electrons. The van der Waals surface area contributed by atoms with Crippen LogP contribution < -0.4 is 5.36 Å². The number of rotatable bonds is 4. The molecule has 0 spiro atoms. The van der Waals surface area contributed by atoms with E-state index in [9.17, 15) is 26.3 Å². The van der Waals surface area contributed by atoms with Gasteiger partial charge in [0.15, 0.2) is 0 Å². The van der Waals surface area contributed by atoms with Gasteiger partial charge in [0.1, 0.15) is 0 Å². The molecule has 0 aliphatic heterocycles. The van der Waals surface area contributed by atoms with E-state index in [2.05, 4.69) is 4.99 Å². The van der Waals surface area contributed by atoms with Crippen LogP contribution in [0.5, 0.6) is 0 Å². The van der Waals surface area contributed by atoms with Gasteiger partial charge < -0.3 is 4.57 Å². The SMILES string of the molecule is FC(F)(F)c1cccc(CN=c2ccn(Cc3cccc(C(F)(F)F)c3)cc2)c1. The van der Waals surface area contributed by atoms with E-state index >= 15 is 0 Å². The topological polar surface area (TPSA) is 17.3 Å². The van der Waals surface area contributed by atoms with Crippen molar-refractivity contribution in [3.8, 4) is 0 Å². The van der Waals surface area contributed by atoms with E-state index < -0.39 is 23.5 Å². The summed E-state index contributed by atoms with van der Waals surface area (Å²) in [5.74, 6) is 0. The number of benzene rings is 2. The first-order chi connectivity index (χ1) is 13.6. The van der Waals surface area contributed by atoms with Gasteiger partial charge in [0.25, 0.3) is 0 Å². The second-order valence-corrected chi connectivity index (χ2v) is 6.44. The highest BCUT2D eigenvalue weighted by atomic mass is 19.4. The Bertz CT molecular complexity index is 1030. The van der Waals surface area contributed by atoms with E-state index in [1.807, 2.05) is 0 Å². The monoisotopic (exact) mass is 410 g/mol. The lowest BCUT2D eigenvalue weighted by molar-refractivity contribution is -0.138. The fourth-order valence-corrected chi connectivity index (χ4v) is 2.75. The highest BCUT2D eigenvalue weighted by Gasteiger charge is 2.31. The van der Waals surface area contributed by atoms with Crippen molar-refractivity contribution in [3.63, 3.8) is 0 Å². The summed E-state index contributed by atoms with van der Waals surface area (Å²) < 4.78 is 78.3. The van der Waals surface area contributed by atoms with E-state index in [0.717, 1.165) is 24.3 Å². The normalized spacial score (nSPS) is 12.1. The van der Waals surface area contributed by atoms with E-state index in [4.69, 9.17) is 0 Å². The van der Waals surface area contributed by atoms with Crippen molar-refractivity contribution in [2.75, 3.05) is 0 Å². The molecule has 29 heavy (non-hydrogen) atoms. The molecular formula is C21H16F6N2. The van der Waals surface area contributed by atoms with Crippen molar-refractivity contribution in [1.82, 2.24) is 4.57 Å². The van der Waals surface area contributed by atoms with Gasteiger partial charge in [-0.3, -0.25) is 4.99 Å².